The van der Waals surface area contributed by atoms with E-state index in [2.05, 4.69) is 10.6 Å². The molecule has 13 heteroatoms. The normalized spacial score (nSPS) is 20.1. The van der Waals surface area contributed by atoms with Crippen molar-refractivity contribution >= 4 is 55.4 Å². The minimum Gasteiger partial charge on any atom is -0.490 e. The number of urea groups is 1. The minimum absolute atomic E-state index is 0.0902. The molecule has 5 rings (SSSR count). The lowest BCUT2D eigenvalue weighted by Gasteiger charge is -2.35. The van der Waals surface area contributed by atoms with Gasteiger partial charge in [0.25, 0.3) is 15.9 Å². The lowest BCUT2D eigenvalue weighted by atomic mass is 10.0. The summed E-state index contributed by atoms with van der Waals surface area (Å²) in [5, 5.41) is 19.6. The van der Waals surface area contributed by atoms with Crippen molar-refractivity contribution in [3.8, 4) is 5.75 Å². The number of nitrogens with zero attached hydrogens (tertiary/aromatic N) is 2. The molecule has 2 heterocycles. The summed E-state index contributed by atoms with van der Waals surface area (Å²) >= 11 is 1.16. The van der Waals surface area contributed by atoms with Crippen LogP contribution in [0.3, 0.4) is 0 Å². The standard InChI is InChI=1S/C37H46N4O7S2/c1-25-22-41(26(2)24-42)36(43)31-21-29(38-37(44)39-32-15-9-13-28-12-5-6-14-30(28)32)17-18-33(31)48-27(3)11-7-8-19-47-34(25)23-40(4)50(45,46)35-16-10-20-49-35/h5-6,9-10,12-18,20-21,25-27,34,42H,7-8,11,19,22-24H2,1-4H3,(H2,38,39,44)/t25-,26+,27-,34-/m1/s1. The maximum atomic E-state index is 14.4. The van der Waals surface area contributed by atoms with Gasteiger partial charge in [0.1, 0.15) is 9.96 Å². The van der Waals surface area contributed by atoms with Gasteiger partial charge in [0.05, 0.1) is 36.1 Å². The molecule has 50 heavy (non-hydrogen) atoms. The Bertz CT molecular complexity index is 1860. The number of nitrogens with one attached hydrogen (secondary N) is 2. The Hall–Kier alpha value is -4.01. The molecular formula is C37H46N4O7S2. The number of aliphatic hydroxyl groups is 1. The fourth-order valence-corrected chi connectivity index (χ4v) is 8.38. The summed E-state index contributed by atoms with van der Waals surface area (Å²) in [5.41, 5.74) is 1.27. The molecule has 0 bridgehead atoms. The van der Waals surface area contributed by atoms with Crippen molar-refractivity contribution in [1.29, 1.82) is 0 Å². The number of carbonyl (C=O) groups is 2. The van der Waals surface area contributed by atoms with Crippen LogP contribution < -0.4 is 15.4 Å². The summed E-state index contributed by atoms with van der Waals surface area (Å²) in [6.45, 7) is 5.99. The number of hydrogen-bond acceptors (Lipinski definition) is 8. The van der Waals surface area contributed by atoms with Gasteiger partial charge in [-0.25, -0.2) is 13.2 Å². The molecule has 0 saturated heterocycles. The summed E-state index contributed by atoms with van der Waals surface area (Å²) in [7, 11) is -2.19. The highest BCUT2D eigenvalue weighted by Gasteiger charge is 2.32. The number of aliphatic hydroxyl groups excluding tert-OH is 1. The SMILES string of the molecule is C[C@@H]1CCCCO[C@H](CN(C)S(=O)(=O)c2cccs2)[C@H](C)CN([C@@H](C)CO)C(=O)c2cc(NC(=O)Nc3cccc4ccccc34)ccc2O1. The van der Waals surface area contributed by atoms with Gasteiger partial charge in [-0.05, 0) is 74.2 Å². The number of benzene rings is 3. The van der Waals surface area contributed by atoms with Crippen LogP contribution in [0, 0.1) is 5.92 Å². The van der Waals surface area contributed by atoms with E-state index in [0.29, 0.717) is 30.2 Å². The topological polar surface area (TPSA) is 138 Å². The number of amides is 3. The summed E-state index contributed by atoms with van der Waals surface area (Å²) < 4.78 is 40.7. The van der Waals surface area contributed by atoms with Crippen LogP contribution in [-0.4, -0.2) is 86.3 Å². The Morgan fingerprint density at radius 2 is 1.84 bits per heavy atom. The zero-order chi connectivity index (χ0) is 35.8. The molecule has 0 fully saturated rings. The van der Waals surface area contributed by atoms with E-state index in [0.717, 1.165) is 35.0 Å². The molecule has 268 valence electrons. The van der Waals surface area contributed by atoms with E-state index >= 15 is 0 Å². The zero-order valence-corrected chi connectivity index (χ0v) is 30.5. The van der Waals surface area contributed by atoms with E-state index in [1.54, 1.807) is 47.5 Å². The van der Waals surface area contributed by atoms with Gasteiger partial charge in [-0.1, -0.05) is 49.4 Å². The molecule has 1 aliphatic rings. The number of thiophene rings is 1. The van der Waals surface area contributed by atoms with Gasteiger partial charge in [-0.3, -0.25) is 4.79 Å². The number of likely N-dealkylation sites (N-methyl/N-ethyl adjacent to an activating group) is 1. The molecule has 4 atom stereocenters. The first-order chi connectivity index (χ1) is 24.0. The van der Waals surface area contributed by atoms with Gasteiger partial charge in [0, 0.05) is 43.7 Å². The van der Waals surface area contributed by atoms with E-state index in [-0.39, 0.29) is 41.5 Å². The Morgan fingerprint density at radius 1 is 1.06 bits per heavy atom. The smallest absolute Gasteiger partial charge is 0.323 e. The summed E-state index contributed by atoms with van der Waals surface area (Å²) in [5.74, 6) is -0.334. The summed E-state index contributed by atoms with van der Waals surface area (Å²) in [6, 6.07) is 20.6. The van der Waals surface area contributed by atoms with Gasteiger partial charge >= 0.3 is 6.03 Å². The van der Waals surface area contributed by atoms with Crippen LogP contribution in [0.5, 0.6) is 5.75 Å². The average Bonchev–Trinajstić information content (AvgIpc) is 3.66. The number of carbonyl (C=O) groups excluding carboxylic acids is 2. The predicted molar refractivity (Wildman–Crippen MR) is 198 cm³/mol. The Morgan fingerprint density at radius 3 is 2.60 bits per heavy atom. The quantitative estimate of drug-likeness (QED) is 0.185. The number of ether oxygens (including phenoxy) is 2. The van der Waals surface area contributed by atoms with Gasteiger partial charge in [-0.2, -0.15) is 4.31 Å². The maximum absolute atomic E-state index is 14.4. The van der Waals surface area contributed by atoms with Crippen LogP contribution in [0.25, 0.3) is 10.8 Å². The van der Waals surface area contributed by atoms with Crippen molar-refractivity contribution < 1.29 is 32.6 Å². The van der Waals surface area contributed by atoms with E-state index < -0.39 is 34.1 Å². The third-order valence-corrected chi connectivity index (χ3v) is 12.1. The van der Waals surface area contributed by atoms with Crippen molar-refractivity contribution in [2.24, 2.45) is 5.92 Å². The molecule has 3 aromatic carbocycles. The van der Waals surface area contributed by atoms with Gasteiger partial charge in [0.2, 0.25) is 0 Å². The molecule has 1 aromatic heterocycles. The molecule has 0 spiro atoms. The molecule has 4 aromatic rings. The highest BCUT2D eigenvalue weighted by atomic mass is 32.2. The fourth-order valence-electron chi connectivity index (χ4n) is 6.00. The van der Waals surface area contributed by atoms with Crippen LogP contribution >= 0.6 is 11.3 Å². The first kappa shape index (κ1) is 37.3. The van der Waals surface area contributed by atoms with Gasteiger partial charge < -0.3 is 30.1 Å². The molecule has 3 N–H and O–H groups in total. The van der Waals surface area contributed by atoms with E-state index in [1.807, 2.05) is 56.3 Å². The molecule has 0 radical (unpaired) electrons. The highest BCUT2D eigenvalue weighted by Crippen LogP contribution is 2.30. The van der Waals surface area contributed by atoms with Crippen molar-refractivity contribution in [3.63, 3.8) is 0 Å². The Labute approximate surface area is 298 Å². The second kappa shape index (κ2) is 16.8. The van der Waals surface area contributed by atoms with Crippen LogP contribution in [0.2, 0.25) is 0 Å². The molecule has 0 unspecified atom stereocenters. The number of hydrogen-bond donors (Lipinski definition) is 3. The molecule has 0 saturated carbocycles. The van der Waals surface area contributed by atoms with E-state index in [1.165, 1.54) is 11.4 Å². The van der Waals surface area contributed by atoms with Crippen molar-refractivity contribution in [1.82, 2.24) is 9.21 Å². The summed E-state index contributed by atoms with van der Waals surface area (Å²) in [4.78, 5) is 29.2. The summed E-state index contributed by atoms with van der Waals surface area (Å²) in [6.07, 6.45) is 1.50. The Balaban J connectivity index is 1.42. The van der Waals surface area contributed by atoms with Crippen molar-refractivity contribution in [2.75, 3.05) is 44.0 Å². The number of sulfonamides is 1. The molecule has 1 aliphatic heterocycles. The second-order valence-corrected chi connectivity index (χ2v) is 16.1. The first-order valence-corrected chi connectivity index (χ1v) is 19.2. The lowest BCUT2D eigenvalue weighted by Crippen LogP contribution is -2.48. The molecular weight excluding hydrogens is 677 g/mol. The van der Waals surface area contributed by atoms with Gasteiger partial charge in [0.15, 0.2) is 0 Å². The third-order valence-electron chi connectivity index (χ3n) is 8.94. The number of rotatable bonds is 8. The van der Waals surface area contributed by atoms with E-state index in [4.69, 9.17) is 9.47 Å². The zero-order valence-electron chi connectivity index (χ0n) is 28.9. The fraction of sp³-hybridized carbons (Fsp3) is 0.405. The second-order valence-electron chi connectivity index (χ2n) is 12.8. The van der Waals surface area contributed by atoms with Crippen LogP contribution in [0.1, 0.15) is 50.4 Å². The van der Waals surface area contributed by atoms with Crippen LogP contribution in [0.4, 0.5) is 16.2 Å². The maximum Gasteiger partial charge on any atom is 0.323 e. The third kappa shape index (κ3) is 9.01. The van der Waals surface area contributed by atoms with Crippen LogP contribution in [-0.2, 0) is 14.8 Å². The predicted octanol–water partition coefficient (Wildman–Crippen LogP) is 6.66. The lowest BCUT2D eigenvalue weighted by molar-refractivity contribution is -0.00832. The van der Waals surface area contributed by atoms with E-state index in [9.17, 15) is 23.1 Å². The largest absolute Gasteiger partial charge is 0.490 e. The highest BCUT2D eigenvalue weighted by molar-refractivity contribution is 7.91. The van der Waals surface area contributed by atoms with Crippen molar-refractivity contribution in [3.05, 3.63) is 83.7 Å². The monoisotopic (exact) mass is 722 g/mol. The average molecular weight is 723 g/mol. The minimum atomic E-state index is -3.72. The Kier molecular flexibility index (Phi) is 12.5. The van der Waals surface area contributed by atoms with Crippen molar-refractivity contribution in [2.45, 2.75) is 62.5 Å². The number of fused-ring (bicyclic) bond motifs is 2. The molecule has 3 amide bonds. The molecule has 11 nitrogen and oxygen atoms in total. The van der Waals surface area contributed by atoms with Gasteiger partial charge in [-0.15, -0.1) is 11.3 Å². The molecule has 0 aliphatic carbocycles. The van der Waals surface area contributed by atoms with Crippen LogP contribution in [0.15, 0.2) is 82.4 Å². The number of anilines is 2. The first-order valence-electron chi connectivity index (χ1n) is 16.9.